The molecule has 1 fully saturated rings. The van der Waals surface area contributed by atoms with Crippen molar-refractivity contribution in [2.24, 2.45) is 11.5 Å². The van der Waals surface area contributed by atoms with Gasteiger partial charge in [0.2, 0.25) is 0 Å². The van der Waals surface area contributed by atoms with Gasteiger partial charge in [-0.3, -0.25) is 10.1 Å². The van der Waals surface area contributed by atoms with Crippen molar-refractivity contribution in [2.45, 2.75) is 30.7 Å². The molecule has 106 valence electrons. The smallest absolute Gasteiger partial charge is 0.331 e. The third-order valence-electron chi connectivity index (χ3n) is 2.23. The van der Waals surface area contributed by atoms with Crippen LogP contribution in [0.2, 0.25) is 0 Å². The number of hydrogen-bond acceptors (Lipinski definition) is 6. The van der Waals surface area contributed by atoms with Gasteiger partial charge in [-0.15, -0.1) is 11.8 Å². The summed E-state index contributed by atoms with van der Waals surface area (Å²) in [4.78, 5) is 20.3. The highest BCUT2D eigenvalue weighted by Crippen LogP contribution is 2.12. The number of rotatable bonds is 6. The number of aliphatic carboxylic acids is 2. The lowest BCUT2D eigenvalue weighted by molar-refractivity contribution is -0.139. The molecular formula is C10H21N3O4S. The number of thioether (sulfide) groups is 1. The highest BCUT2D eigenvalue weighted by atomic mass is 32.2. The Morgan fingerprint density at radius 3 is 2.39 bits per heavy atom. The topological polar surface area (TPSA) is 139 Å². The molecule has 0 saturated carbocycles. The minimum absolute atomic E-state index is 0.352. The second-order valence-electron chi connectivity index (χ2n) is 3.77. The fraction of sp³-hybridized carbons (Fsp3) is 0.800. The normalized spacial score (nSPS) is 19.8. The summed E-state index contributed by atoms with van der Waals surface area (Å²) in [5, 5.41) is 19.1. The first-order chi connectivity index (χ1) is 8.49. The van der Waals surface area contributed by atoms with Crippen LogP contribution in [-0.4, -0.2) is 52.4 Å². The first kappa shape index (κ1) is 17.2. The zero-order chi connectivity index (χ0) is 14.0. The Hall–Kier alpha value is -0.830. The van der Waals surface area contributed by atoms with E-state index < -0.39 is 18.0 Å². The van der Waals surface area contributed by atoms with Gasteiger partial charge >= 0.3 is 11.9 Å². The molecule has 0 amide bonds. The number of nitrogens with two attached hydrogens (primary N) is 2. The largest absolute Gasteiger partial charge is 0.480 e. The zero-order valence-electron chi connectivity index (χ0n) is 10.2. The van der Waals surface area contributed by atoms with Crippen molar-refractivity contribution in [1.29, 1.82) is 0 Å². The van der Waals surface area contributed by atoms with Crippen LogP contribution < -0.4 is 16.8 Å². The lowest BCUT2D eigenvalue weighted by atomic mass is 10.1. The maximum atomic E-state index is 10.1. The standard InChI is InChI=1S/C6H14N2O2.C4H7NO2S/c7-4-2-1-3-5(8)6(9)10;6-4(7)3-5-1-2-8-3/h5H,1-4,7-8H2,(H,9,10);3,5H,1-2H2,(H,6,7). The number of unbranched alkanes of at least 4 members (excludes halogenated alkanes) is 1. The van der Waals surface area contributed by atoms with Gasteiger partial charge in [0.1, 0.15) is 6.04 Å². The van der Waals surface area contributed by atoms with E-state index in [0.717, 1.165) is 25.1 Å². The lowest BCUT2D eigenvalue weighted by Gasteiger charge is -2.03. The molecule has 8 heteroatoms. The van der Waals surface area contributed by atoms with Crippen molar-refractivity contribution in [1.82, 2.24) is 5.32 Å². The second kappa shape index (κ2) is 10.1. The van der Waals surface area contributed by atoms with E-state index in [1.807, 2.05) is 0 Å². The number of hydrogen-bond donors (Lipinski definition) is 5. The molecule has 0 aromatic heterocycles. The summed E-state index contributed by atoms with van der Waals surface area (Å²) in [5.74, 6) is -0.777. The van der Waals surface area contributed by atoms with Crippen LogP contribution in [0.1, 0.15) is 19.3 Å². The summed E-state index contributed by atoms with van der Waals surface area (Å²) in [7, 11) is 0. The first-order valence-electron chi connectivity index (χ1n) is 5.75. The van der Waals surface area contributed by atoms with E-state index in [9.17, 15) is 9.59 Å². The monoisotopic (exact) mass is 279 g/mol. The molecule has 0 spiro atoms. The average Bonchev–Trinajstić information content (AvgIpc) is 2.83. The molecular weight excluding hydrogens is 258 g/mol. The molecule has 0 aromatic carbocycles. The van der Waals surface area contributed by atoms with Gasteiger partial charge in [0.05, 0.1) is 0 Å². The molecule has 0 aromatic rings. The third kappa shape index (κ3) is 8.29. The number of nitrogens with one attached hydrogen (secondary N) is 1. The van der Waals surface area contributed by atoms with Gasteiger partial charge in [-0.25, -0.2) is 4.79 Å². The van der Waals surface area contributed by atoms with Crippen molar-refractivity contribution >= 4 is 23.7 Å². The fourth-order valence-electron chi connectivity index (χ4n) is 1.22. The summed E-state index contributed by atoms with van der Waals surface area (Å²) in [6.45, 7) is 1.42. The van der Waals surface area contributed by atoms with Gasteiger partial charge in [-0.05, 0) is 19.4 Å². The molecule has 1 aliphatic heterocycles. The minimum atomic E-state index is -0.933. The van der Waals surface area contributed by atoms with Crippen molar-refractivity contribution < 1.29 is 19.8 Å². The molecule has 1 heterocycles. The van der Waals surface area contributed by atoms with Gasteiger partial charge < -0.3 is 21.7 Å². The maximum Gasteiger partial charge on any atom is 0.331 e. The molecule has 7 N–H and O–H groups in total. The van der Waals surface area contributed by atoms with Gasteiger partial charge in [-0.1, -0.05) is 6.42 Å². The molecule has 18 heavy (non-hydrogen) atoms. The van der Waals surface area contributed by atoms with E-state index >= 15 is 0 Å². The predicted octanol–water partition coefficient (Wildman–Crippen LogP) is -0.739. The highest BCUT2D eigenvalue weighted by molar-refractivity contribution is 8.00. The van der Waals surface area contributed by atoms with Crippen molar-refractivity contribution in [3.63, 3.8) is 0 Å². The van der Waals surface area contributed by atoms with E-state index in [1.54, 1.807) is 0 Å². The number of carbonyl (C=O) groups is 2. The summed E-state index contributed by atoms with van der Waals surface area (Å²) >= 11 is 1.44. The maximum absolute atomic E-state index is 10.1. The van der Waals surface area contributed by atoms with Crippen molar-refractivity contribution in [3.05, 3.63) is 0 Å². The van der Waals surface area contributed by atoms with Crippen LogP contribution in [0.5, 0.6) is 0 Å². The summed E-state index contributed by atoms with van der Waals surface area (Å²) < 4.78 is 0. The van der Waals surface area contributed by atoms with Crippen molar-refractivity contribution in [2.75, 3.05) is 18.8 Å². The molecule has 2 atom stereocenters. The van der Waals surface area contributed by atoms with Gasteiger partial charge in [0, 0.05) is 12.3 Å². The number of carboxylic acid groups (broad SMARTS) is 2. The molecule has 2 unspecified atom stereocenters. The Morgan fingerprint density at radius 1 is 1.39 bits per heavy atom. The van der Waals surface area contributed by atoms with Gasteiger partial charge in [0.25, 0.3) is 0 Å². The molecule has 0 aliphatic carbocycles. The van der Waals surface area contributed by atoms with Crippen LogP contribution in [0.25, 0.3) is 0 Å². The summed E-state index contributed by atoms with van der Waals surface area (Å²) in [6.07, 6.45) is 2.16. The average molecular weight is 279 g/mol. The lowest BCUT2D eigenvalue weighted by Crippen LogP contribution is -2.29. The Labute approximate surface area is 110 Å². The van der Waals surface area contributed by atoms with Gasteiger partial charge in [-0.2, -0.15) is 0 Å². The Balaban J connectivity index is 0.000000327. The molecule has 0 bridgehead atoms. The first-order valence-corrected chi connectivity index (χ1v) is 6.80. The molecule has 1 saturated heterocycles. The Bertz CT molecular complexity index is 260. The summed E-state index contributed by atoms with van der Waals surface area (Å²) in [6, 6.07) is -0.716. The quantitative estimate of drug-likeness (QED) is 0.401. The van der Waals surface area contributed by atoms with E-state index in [0.29, 0.717) is 13.0 Å². The Kier molecular flexibility index (Phi) is 9.66. The minimum Gasteiger partial charge on any atom is -0.480 e. The second-order valence-corrected chi connectivity index (χ2v) is 4.99. The van der Waals surface area contributed by atoms with Crippen LogP contribution in [0.3, 0.4) is 0 Å². The third-order valence-corrected chi connectivity index (χ3v) is 3.37. The van der Waals surface area contributed by atoms with Crippen LogP contribution in [-0.2, 0) is 9.59 Å². The molecule has 1 aliphatic rings. The van der Waals surface area contributed by atoms with Crippen molar-refractivity contribution in [3.8, 4) is 0 Å². The van der Waals surface area contributed by atoms with Crippen LogP contribution in [0, 0.1) is 0 Å². The molecule has 1 rings (SSSR count). The molecule has 7 nitrogen and oxygen atoms in total. The van der Waals surface area contributed by atoms with Gasteiger partial charge in [0.15, 0.2) is 5.37 Å². The van der Waals surface area contributed by atoms with E-state index in [-0.39, 0.29) is 5.37 Å². The van der Waals surface area contributed by atoms with Crippen LogP contribution >= 0.6 is 11.8 Å². The molecule has 0 radical (unpaired) electrons. The zero-order valence-corrected chi connectivity index (χ0v) is 11.0. The predicted molar refractivity (Wildman–Crippen MR) is 70.4 cm³/mol. The fourth-order valence-corrected chi connectivity index (χ4v) is 2.07. The van der Waals surface area contributed by atoms with E-state index in [1.165, 1.54) is 11.8 Å². The SMILES string of the molecule is NCCCCC(N)C(=O)O.O=C(O)C1NCCS1. The summed E-state index contributed by atoms with van der Waals surface area (Å²) in [5.41, 5.74) is 10.4. The number of carboxylic acids is 2. The highest BCUT2D eigenvalue weighted by Gasteiger charge is 2.20. The van der Waals surface area contributed by atoms with E-state index in [2.05, 4.69) is 5.32 Å². The van der Waals surface area contributed by atoms with Crippen LogP contribution in [0.15, 0.2) is 0 Å². The van der Waals surface area contributed by atoms with E-state index in [4.69, 9.17) is 21.7 Å². The van der Waals surface area contributed by atoms with Crippen LogP contribution in [0.4, 0.5) is 0 Å². The Morgan fingerprint density at radius 2 is 2.06 bits per heavy atom.